The van der Waals surface area contributed by atoms with Gasteiger partial charge in [0.15, 0.2) is 0 Å². The lowest BCUT2D eigenvalue weighted by Gasteiger charge is -2.22. The molecule has 0 spiro atoms. The van der Waals surface area contributed by atoms with Crippen molar-refractivity contribution in [1.29, 1.82) is 0 Å². The average molecular weight is 534 g/mol. The Kier molecular flexibility index (Phi) is 10.8. The maximum atomic E-state index is 14.2. The summed E-state index contributed by atoms with van der Waals surface area (Å²) in [6, 6.07) is 13.1. The maximum Gasteiger partial charge on any atom is 0.348 e. The number of methoxy groups -OCH3 is 1. The summed E-state index contributed by atoms with van der Waals surface area (Å²) in [5.41, 5.74) is 1.33. The van der Waals surface area contributed by atoms with Crippen LogP contribution in [0.25, 0.3) is 0 Å². The molecule has 2 heterocycles. The van der Waals surface area contributed by atoms with Crippen molar-refractivity contribution in [3.05, 3.63) is 69.9 Å². The number of benzene rings is 1. The maximum absolute atomic E-state index is 14.2. The quantitative estimate of drug-likeness (QED) is 0.182. The molecule has 0 radical (unpaired) electrons. The van der Waals surface area contributed by atoms with E-state index in [1.807, 2.05) is 31.2 Å². The summed E-state index contributed by atoms with van der Waals surface area (Å²) in [5, 5.41) is 10.6. The average Bonchev–Trinajstić information content (AvgIpc) is 3.45. The lowest BCUT2D eigenvalue weighted by atomic mass is 9.95. The molecule has 5 nitrogen and oxygen atoms in total. The van der Waals surface area contributed by atoms with Gasteiger partial charge in [0.25, 0.3) is 5.91 Å². The molecule has 1 fully saturated rings. The summed E-state index contributed by atoms with van der Waals surface area (Å²) < 4.78 is 33.2. The second-order valence-electron chi connectivity index (χ2n) is 9.77. The second kappa shape index (κ2) is 13.8. The van der Waals surface area contributed by atoms with E-state index in [0.717, 1.165) is 37.0 Å². The number of ether oxygens (including phenoxy) is 1. The van der Waals surface area contributed by atoms with Crippen molar-refractivity contribution in [2.45, 2.75) is 76.4 Å². The number of alkyl halides is 2. The number of amides is 1. The molecule has 1 amide bonds. The highest BCUT2D eigenvalue weighted by Crippen LogP contribution is 2.34. The molecule has 0 bridgehead atoms. The Hall–Kier alpha value is -2.58. The van der Waals surface area contributed by atoms with E-state index in [1.54, 1.807) is 18.2 Å². The highest BCUT2D eigenvalue weighted by atomic mass is 32.1. The third-order valence-corrected chi connectivity index (χ3v) is 8.02. The van der Waals surface area contributed by atoms with E-state index in [2.05, 4.69) is 12.1 Å². The van der Waals surface area contributed by atoms with Crippen molar-refractivity contribution in [2.75, 3.05) is 13.7 Å². The summed E-state index contributed by atoms with van der Waals surface area (Å²) in [7, 11) is 1.32. The highest BCUT2D eigenvalue weighted by Gasteiger charge is 2.52. The number of hydrogen-bond acceptors (Lipinski definition) is 5. The third kappa shape index (κ3) is 8.47. The smallest absolute Gasteiger partial charge is 0.348 e. The number of hydrogen-bond donors (Lipinski definition) is 1. The first-order valence-corrected chi connectivity index (χ1v) is 13.8. The van der Waals surface area contributed by atoms with Gasteiger partial charge in [-0.25, -0.2) is 4.79 Å². The van der Waals surface area contributed by atoms with Crippen molar-refractivity contribution >= 4 is 23.2 Å². The molecule has 0 aliphatic carbocycles. The summed E-state index contributed by atoms with van der Waals surface area (Å²) >= 11 is 1.30. The molecule has 202 valence electrons. The monoisotopic (exact) mass is 533 g/mol. The molecule has 0 saturated carbocycles. The fraction of sp³-hybridized carbons (Fsp3) is 0.517. The van der Waals surface area contributed by atoms with Crippen LogP contribution >= 0.6 is 11.3 Å². The second-order valence-corrected chi connectivity index (χ2v) is 10.9. The molecule has 3 atom stereocenters. The molecule has 2 aromatic rings. The Morgan fingerprint density at radius 2 is 1.92 bits per heavy atom. The van der Waals surface area contributed by atoms with E-state index in [4.69, 9.17) is 4.74 Å². The number of nitrogens with zero attached hydrogens (tertiary/aromatic N) is 1. The van der Waals surface area contributed by atoms with Crippen molar-refractivity contribution in [1.82, 2.24) is 4.90 Å². The Morgan fingerprint density at radius 1 is 1.16 bits per heavy atom. The topological polar surface area (TPSA) is 66.8 Å². The molecule has 1 N–H and O–H groups in total. The molecular formula is C29H37F2NO4S. The summed E-state index contributed by atoms with van der Waals surface area (Å²) in [6.07, 6.45) is 7.91. The van der Waals surface area contributed by atoms with Crippen LogP contribution in [0.15, 0.2) is 54.6 Å². The number of likely N-dealkylation sites (tertiary alicyclic amines) is 1. The first kappa shape index (κ1) is 29.0. The molecule has 1 aromatic heterocycles. The van der Waals surface area contributed by atoms with Gasteiger partial charge in [-0.3, -0.25) is 4.79 Å². The van der Waals surface area contributed by atoms with E-state index < -0.39 is 36.4 Å². The number of halogens is 2. The largest absolute Gasteiger partial charge is 0.465 e. The predicted octanol–water partition coefficient (Wildman–Crippen LogP) is 6.06. The van der Waals surface area contributed by atoms with Crippen LogP contribution in [0.4, 0.5) is 8.78 Å². The van der Waals surface area contributed by atoms with E-state index in [1.165, 1.54) is 28.9 Å². The highest BCUT2D eigenvalue weighted by molar-refractivity contribution is 7.13. The zero-order valence-corrected chi connectivity index (χ0v) is 22.4. The zero-order valence-electron chi connectivity index (χ0n) is 21.6. The Morgan fingerprint density at radius 3 is 2.65 bits per heavy atom. The van der Waals surface area contributed by atoms with E-state index >= 15 is 0 Å². The van der Waals surface area contributed by atoms with Gasteiger partial charge in [0, 0.05) is 17.8 Å². The van der Waals surface area contributed by atoms with Crippen molar-refractivity contribution < 1.29 is 28.2 Å². The number of unbranched alkanes of at least 4 members (excludes halogenated alkanes) is 2. The molecule has 1 aliphatic heterocycles. The van der Waals surface area contributed by atoms with Crippen LogP contribution in [0.3, 0.4) is 0 Å². The summed E-state index contributed by atoms with van der Waals surface area (Å²) in [5.74, 6) is -4.96. The predicted molar refractivity (Wildman–Crippen MR) is 142 cm³/mol. The standard InChI is InChI=1S/C29H37F2NO4S/c1-21(10-5-3-6-11-22-12-7-4-8-13-22)25(33)17-15-23-20-29(30,31)28(35)32(23)19-9-14-24-16-18-26(37-24)27(34)36-2/h4,7-8,12-13,15-18,21,23,25,33H,3,5-6,9-11,14,19-20H2,1-2H3/t21-,23+,25-/m1/s1. The first-order valence-electron chi connectivity index (χ1n) is 13.0. The third-order valence-electron chi connectivity index (χ3n) is 6.89. The molecule has 0 unspecified atom stereocenters. The lowest BCUT2D eigenvalue weighted by molar-refractivity contribution is -0.148. The van der Waals surface area contributed by atoms with Crippen LogP contribution in [-0.4, -0.2) is 53.6 Å². The van der Waals surface area contributed by atoms with Crippen molar-refractivity contribution in [2.24, 2.45) is 5.92 Å². The van der Waals surface area contributed by atoms with Gasteiger partial charge in [-0.05, 0) is 55.7 Å². The Bertz CT molecular complexity index is 1040. The number of esters is 1. The normalized spacial score (nSPS) is 18.9. The Balaban J connectivity index is 1.45. The van der Waals surface area contributed by atoms with Crippen molar-refractivity contribution in [3.8, 4) is 0 Å². The van der Waals surface area contributed by atoms with Crippen LogP contribution in [-0.2, 0) is 22.4 Å². The fourth-order valence-electron chi connectivity index (χ4n) is 4.63. The molecule has 1 aromatic carbocycles. The van der Waals surface area contributed by atoms with Crippen LogP contribution in [0.2, 0.25) is 0 Å². The number of rotatable bonds is 14. The van der Waals surface area contributed by atoms with Gasteiger partial charge in [0.2, 0.25) is 0 Å². The minimum atomic E-state index is -3.40. The van der Waals surface area contributed by atoms with Gasteiger partial charge >= 0.3 is 11.9 Å². The molecular weight excluding hydrogens is 496 g/mol. The van der Waals surface area contributed by atoms with E-state index in [-0.39, 0.29) is 12.5 Å². The lowest BCUT2D eigenvalue weighted by Crippen LogP contribution is -2.36. The number of aliphatic hydroxyl groups excluding tert-OH is 1. The number of thiophene rings is 1. The van der Waals surface area contributed by atoms with Crippen LogP contribution in [0.1, 0.15) is 65.6 Å². The fourth-order valence-corrected chi connectivity index (χ4v) is 5.59. The summed E-state index contributed by atoms with van der Waals surface area (Å²) in [4.78, 5) is 26.6. The Labute approximate surface area is 222 Å². The molecule has 3 rings (SSSR count). The van der Waals surface area contributed by atoms with Gasteiger partial charge in [-0.15, -0.1) is 11.3 Å². The van der Waals surface area contributed by atoms with Gasteiger partial charge < -0.3 is 14.7 Å². The van der Waals surface area contributed by atoms with Crippen LogP contribution in [0.5, 0.6) is 0 Å². The van der Waals surface area contributed by atoms with Crippen LogP contribution < -0.4 is 0 Å². The van der Waals surface area contributed by atoms with Crippen molar-refractivity contribution in [3.63, 3.8) is 0 Å². The van der Waals surface area contributed by atoms with Gasteiger partial charge in [-0.1, -0.05) is 62.2 Å². The van der Waals surface area contributed by atoms with E-state index in [9.17, 15) is 23.5 Å². The molecule has 1 saturated heterocycles. The number of carbonyl (C=O) groups is 2. The molecule has 37 heavy (non-hydrogen) atoms. The SMILES string of the molecule is COC(=O)c1ccc(CCCN2C(=O)C(F)(F)C[C@@H]2C=C[C@@H](O)[C@H](C)CCCCCc2ccccc2)s1. The summed E-state index contributed by atoms with van der Waals surface area (Å²) in [6.45, 7) is 2.14. The first-order chi connectivity index (χ1) is 17.7. The zero-order chi connectivity index (χ0) is 26.8. The minimum Gasteiger partial charge on any atom is -0.465 e. The van der Waals surface area contributed by atoms with Crippen LogP contribution in [0, 0.1) is 5.92 Å². The number of aryl methyl sites for hydroxylation is 2. The molecule has 8 heteroatoms. The van der Waals surface area contributed by atoms with E-state index in [0.29, 0.717) is 17.7 Å². The van der Waals surface area contributed by atoms with Gasteiger partial charge in [0.1, 0.15) is 4.88 Å². The number of aliphatic hydroxyl groups is 1. The minimum absolute atomic E-state index is 0.00174. The molecule has 1 aliphatic rings. The number of carbonyl (C=O) groups excluding carboxylic acids is 2. The van der Waals surface area contributed by atoms with Gasteiger partial charge in [0.05, 0.1) is 19.3 Å². The van der Waals surface area contributed by atoms with Gasteiger partial charge in [-0.2, -0.15) is 8.78 Å².